The highest BCUT2D eigenvalue weighted by Gasteiger charge is 2.20. The number of carbonyl (C=O) groups excluding carboxylic acids is 2. The Morgan fingerprint density at radius 3 is 0.959 bits per heavy atom. The maximum atomic E-state index is 12.5. The molecule has 1 amide bonds. The summed E-state index contributed by atoms with van der Waals surface area (Å²) < 4.78 is 5.48. The SMILES string of the molecule is CCCCCCCCCCCCCCCCCCCCCCCC(O)C(CO)NC(=O)CCCCCCCCCC/C=C\CCCCCCCCCCCCCCOC(=O)CCCCCCCCCCCCCC. The average molecular weight is 1040 g/mol. The van der Waals surface area contributed by atoms with E-state index in [1.165, 1.54) is 315 Å². The lowest BCUT2D eigenvalue weighted by Crippen LogP contribution is -2.45. The normalized spacial score (nSPS) is 12.5. The standard InChI is InChI=1S/C68H133NO5/c1-3-5-7-9-11-13-15-17-18-19-20-25-28-31-34-37-40-44-48-52-56-60-66(71)65(64-70)69-67(72)61-57-53-49-45-41-38-35-32-29-26-23-21-22-24-27-30-33-36-39-43-47-51-55-59-63-74-68(73)62-58-54-50-46-42-16-14-12-10-8-6-4-2/h23,26,65-66,70-71H,3-22,24-25,27-64H2,1-2H3,(H,69,72)/b26-23-. The number of hydrogen-bond donors (Lipinski definition) is 3. The number of aliphatic hydroxyl groups is 2. The van der Waals surface area contributed by atoms with E-state index in [4.69, 9.17) is 4.74 Å². The Bertz CT molecular complexity index is 1110. The summed E-state index contributed by atoms with van der Waals surface area (Å²) in [6, 6.07) is -0.545. The van der Waals surface area contributed by atoms with Crippen LogP contribution in [0.15, 0.2) is 12.2 Å². The van der Waals surface area contributed by atoms with Crippen molar-refractivity contribution in [2.75, 3.05) is 13.2 Å². The molecule has 0 spiro atoms. The smallest absolute Gasteiger partial charge is 0.305 e. The molecule has 6 nitrogen and oxygen atoms in total. The summed E-state index contributed by atoms with van der Waals surface area (Å²) in [4.78, 5) is 24.6. The molecule has 2 unspecified atom stereocenters. The number of aliphatic hydroxyl groups excluding tert-OH is 2. The van der Waals surface area contributed by atoms with Crippen LogP contribution in [0.25, 0.3) is 0 Å². The van der Waals surface area contributed by atoms with Gasteiger partial charge in [0.1, 0.15) is 0 Å². The van der Waals surface area contributed by atoms with E-state index in [1.807, 2.05) is 0 Å². The molecule has 0 aliphatic heterocycles. The average Bonchev–Trinajstić information content (AvgIpc) is 3.40. The van der Waals surface area contributed by atoms with E-state index in [-0.39, 0.29) is 18.5 Å². The highest BCUT2D eigenvalue weighted by Crippen LogP contribution is 2.19. The van der Waals surface area contributed by atoms with Gasteiger partial charge in [0.2, 0.25) is 5.91 Å². The Balaban J connectivity index is 3.40. The monoisotopic (exact) mass is 1040 g/mol. The molecule has 0 radical (unpaired) electrons. The van der Waals surface area contributed by atoms with E-state index in [1.54, 1.807) is 0 Å². The van der Waals surface area contributed by atoms with Gasteiger partial charge in [0.25, 0.3) is 0 Å². The first-order chi connectivity index (χ1) is 36.5. The maximum Gasteiger partial charge on any atom is 0.305 e. The zero-order chi connectivity index (χ0) is 53.6. The molecule has 0 rings (SSSR count). The van der Waals surface area contributed by atoms with Crippen molar-refractivity contribution in [3.63, 3.8) is 0 Å². The van der Waals surface area contributed by atoms with Gasteiger partial charge in [0.15, 0.2) is 0 Å². The Morgan fingerprint density at radius 2 is 0.635 bits per heavy atom. The molecule has 0 aromatic heterocycles. The van der Waals surface area contributed by atoms with Crippen molar-refractivity contribution in [1.29, 1.82) is 0 Å². The number of allylic oxidation sites excluding steroid dienone is 2. The molecule has 0 saturated carbocycles. The minimum absolute atomic E-state index is 0.0142. The number of rotatable bonds is 64. The van der Waals surface area contributed by atoms with E-state index in [0.29, 0.717) is 25.9 Å². The second-order valence-corrected chi connectivity index (χ2v) is 23.5. The summed E-state index contributed by atoms with van der Waals surface area (Å²) in [5.41, 5.74) is 0. The van der Waals surface area contributed by atoms with Gasteiger partial charge in [-0.15, -0.1) is 0 Å². The van der Waals surface area contributed by atoms with Crippen LogP contribution in [0.2, 0.25) is 0 Å². The molecule has 440 valence electrons. The van der Waals surface area contributed by atoms with Gasteiger partial charge in [0.05, 0.1) is 25.4 Å². The predicted octanol–water partition coefficient (Wildman–Crippen LogP) is 21.6. The lowest BCUT2D eigenvalue weighted by molar-refractivity contribution is -0.143. The molecule has 3 N–H and O–H groups in total. The number of unbranched alkanes of at least 4 members (excludes halogenated alkanes) is 51. The highest BCUT2D eigenvalue weighted by molar-refractivity contribution is 5.76. The molecule has 0 saturated heterocycles. The van der Waals surface area contributed by atoms with Gasteiger partial charge >= 0.3 is 5.97 Å². The summed E-state index contributed by atoms with van der Waals surface area (Å²) in [5.74, 6) is -0.0208. The van der Waals surface area contributed by atoms with Crippen LogP contribution >= 0.6 is 0 Å². The van der Waals surface area contributed by atoms with Crippen LogP contribution in [0.1, 0.15) is 386 Å². The molecular weight excluding hydrogens is 911 g/mol. The Hall–Kier alpha value is -1.40. The third-order valence-corrected chi connectivity index (χ3v) is 16.1. The van der Waals surface area contributed by atoms with E-state index >= 15 is 0 Å². The molecular formula is C68H133NO5. The molecule has 0 aromatic rings. The van der Waals surface area contributed by atoms with Gasteiger partial charge in [-0.05, 0) is 51.4 Å². The maximum absolute atomic E-state index is 12.5. The molecule has 0 heterocycles. The number of amides is 1. The van der Waals surface area contributed by atoms with Crippen molar-refractivity contribution < 1.29 is 24.5 Å². The number of hydrogen-bond acceptors (Lipinski definition) is 5. The van der Waals surface area contributed by atoms with E-state index in [9.17, 15) is 19.8 Å². The van der Waals surface area contributed by atoms with Crippen LogP contribution in [0.3, 0.4) is 0 Å². The van der Waals surface area contributed by atoms with Gasteiger partial charge in [-0.25, -0.2) is 0 Å². The fourth-order valence-electron chi connectivity index (χ4n) is 10.9. The fourth-order valence-corrected chi connectivity index (χ4v) is 10.9. The van der Waals surface area contributed by atoms with Gasteiger partial charge < -0.3 is 20.3 Å². The topological polar surface area (TPSA) is 95.9 Å². The van der Waals surface area contributed by atoms with E-state index < -0.39 is 12.1 Å². The van der Waals surface area contributed by atoms with Crippen molar-refractivity contribution in [3.8, 4) is 0 Å². The summed E-state index contributed by atoms with van der Waals surface area (Å²) in [6.45, 7) is 4.99. The lowest BCUT2D eigenvalue weighted by Gasteiger charge is -2.22. The Labute approximate surface area is 463 Å². The zero-order valence-electron chi connectivity index (χ0n) is 50.4. The van der Waals surface area contributed by atoms with Gasteiger partial charge in [-0.3, -0.25) is 9.59 Å². The van der Waals surface area contributed by atoms with Crippen molar-refractivity contribution in [2.45, 2.75) is 398 Å². The van der Waals surface area contributed by atoms with Gasteiger partial charge in [0, 0.05) is 12.8 Å². The number of esters is 1. The van der Waals surface area contributed by atoms with Crippen LogP contribution < -0.4 is 5.32 Å². The highest BCUT2D eigenvalue weighted by atomic mass is 16.5. The Morgan fingerprint density at radius 1 is 0.365 bits per heavy atom. The summed E-state index contributed by atoms with van der Waals surface area (Å²) in [5, 5.41) is 23.4. The molecule has 0 aliphatic rings. The second kappa shape index (κ2) is 64.1. The fraction of sp³-hybridized carbons (Fsp3) is 0.941. The Kier molecular flexibility index (Phi) is 62.9. The minimum atomic E-state index is -0.667. The van der Waals surface area contributed by atoms with Gasteiger partial charge in [-0.1, -0.05) is 334 Å². The second-order valence-electron chi connectivity index (χ2n) is 23.5. The first kappa shape index (κ1) is 72.6. The molecule has 6 heteroatoms. The molecule has 0 fully saturated rings. The first-order valence-corrected chi connectivity index (χ1v) is 33.9. The van der Waals surface area contributed by atoms with Crippen LogP contribution in [0, 0.1) is 0 Å². The lowest BCUT2D eigenvalue weighted by atomic mass is 10.0. The van der Waals surface area contributed by atoms with Crippen LogP contribution in [0.5, 0.6) is 0 Å². The van der Waals surface area contributed by atoms with Gasteiger partial charge in [-0.2, -0.15) is 0 Å². The number of nitrogens with one attached hydrogen (secondary N) is 1. The van der Waals surface area contributed by atoms with E-state index in [0.717, 1.165) is 38.5 Å². The summed E-state index contributed by atoms with van der Waals surface area (Å²) in [6.07, 6.45) is 78.1. The molecule has 2 atom stereocenters. The largest absolute Gasteiger partial charge is 0.466 e. The summed E-state index contributed by atoms with van der Waals surface area (Å²) in [7, 11) is 0. The number of carbonyl (C=O) groups is 2. The van der Waals surface area contributed by atoms with Crippen LogP contribution in [-0.4, -0.2) is 47.4 Å². The zero-order valence-corrected chi connectivity index (χ0v) is 50.4. The predicted molar refractivity (Wildman–Crippen MR) is 324 cm³/mol. The third kappa shape index (κ3) is 59.8. The van der Waals surface area contributed by atoms with Crippen molar-refractivity contribution >= 4 is 11.9 Å². The van der Waals surface area contributed by atoms with E-state index in [2.05, 4.69) is 31.3 Å². The first-order valence-electron chi connectivity index (χ1n) is 33.9. The van der Waals surface area contributed by atoms with Crippen molar-refractivity contribution in [2.24, 2.45) is 0 Å². The number of ether oxygens (including phenoxy) is 1. The summed E-state index contributed by atoms with van der Waals surface area (Å²) >= 11 is 0. The van der Waals surface area contributed by atoms with Crippen molar-refractivity contribution in [3.05, 3.63) is 12.2 Å². The molecule has 74 heavy (non-hydrogen) atoms. The van der Waals surface area contributed by atoms with Crippen molar-refractivity contribution in [1.82, 2.24) is 5.32 Å². The molecule has 0 bridgehead atoms. The molecule has 0 aromatic carbocycles. The minimum Gasteiger partial charge on any atom is -0.466 e. The third-order valence-electron chi connectivity index (χ3n) is 16.1. The van der Waals surface area contributed by atoms with Crippen LogP contribution in [0.4, 0.5) is 0 Å². The quantitative estimate of drug-likeness (QED) is 0.0320. The van der Waals surface area contributed by atoms with Crippen LogP contribution in [-0.2, 0) is 14.3 Å². The molecule has 0 aliphatic carbocycles.